The molecule has 0 aliphatic heterocycles. The Bertz CT molecular complexity index is 273. The van der Waals surface area contributed by atoms with E-state index < -0.39 is 23.3 Å². The average Bonchev–Trinajstić information content (AvgIpc) is 2.60. The molecule has 72 valence electrons. The number of fused-ring (bicyclic) bond motifs is 2. The first-order chi connectivity index (χ1) is 6.05. The lowest BCUT2D eigenvalue weighted by molar-refractivity contribution is -0.150. The van der Waals surface area contributed by atoms with Crippen molar-refractivity contribution in [1.29, 1.82) is 0 Å². The zero-order valence-electron chi connectivity index (χ0n) is 7.19. The molecular formula is C9H12O4. The number of carbonyl (C=O) groups is 2. The van der Waals surface area contributed by atoms with Gasteiger partial charge in [0.05, 0.1) is 11.3 Å². The van der Waals surface area contributed by atoms with Crippen LogP contribution < -0.4 is 0 Å². The number of carboxylic acid groups (broad SMARTS) is 2. The molecule has 0 amide bonds. The van der Waals surface area contributed by atoms with E-state index in [1.54, 1.807) is 0 Å². The predicted molar refractivity (Wildman–Crippen MR) is 43.2 cm³/mol. The maximum absolute atomic E-state index is 11.0. The quantitative estimate of drug-likeness (QED) is 0.670. The van der Waals surface area contributed by atoms with Crippen LogP contribution in [0.5, 0.6) is 0 Å². The molecule has 4 heteroatoms. The van der Waals surface area contributed by atoms with Crippen LogP contribution in [0.15, 0.2) is 0 Å². The Hall–Kier alpha value is -1.06. The molecule has 0 aromatic heterocycles. The van der Waals surface area contributed by atoms with Crippen molar-refractivity contribution in [3.63, 3.8) is 0 Å². The minimum Gasteiger partial charge on any atom is -0.481 e. The van der Waals surface area contributed by atoms with Crippen molar-refractivity contribution >= 4 is 11.9 Å². The summed E-state index contributed by atoms with van der Waals surface area (Å²) in [5.74, 6) is -1.94. The smallest absolute Gasteiger partial charge is 0.309 e. The van der Waals surface area contributed by atoms with Crippen molar-refractivity contribution < 1.29 is 19.8 Å². The van der Waals surface area contributed by atoms with E-state index in [2.05, 4.69) is 0 Å². The Morgan fingerprint density at radius 2 is 1.92 bits per heavy atom. The van der Waals surface area contributed by atoms with Crippen LogP contribution in [0.1, 0.15) is 25.7 Å². The van der Waals surface area contributed by atoms with Gasteiger partial charge < -0.3 is 10.2 Å². The third-order valence-electron chi connectivity index (χ3n) is 3.60. The van der Waals surface area contributed by atoms with Crippen LogP contribution in [-0.4, -0.2) is 22.2 Å². The van der Waals surface area contributed by atoms with Gasteiger partial charge in [-0.15, -0.1) is 0 Å². The second-order valence-electron chi connectivity index (χ2n) is 4.24. The van der Waals surface area contributed by atoms with E-state index in [1.807, 2.05) is 0 Å². The molecular weight excluding hydrogens is 172 g/mol. The van der Waals surface area contributed by atoms with Gasteiger partial charge in [-0.2, -0.15) is 0 Å². The fourth-order valence-corrected chi connectivity index (χ4v) is 2.85. The summed E-state index contributed by atoms with van der Waals surface area (Å²) >= 11 is 0. The summed E-state index contributed by atoms with van der Waals surface area (Å²) in [6.07, 6.45) is 2.34. The third-order valence-corrected chi connectivity index (χ3v) is 3.60. The van der Waals surface area contributed by atoms with Gasteiger partial charge in [-0.05, 0) is 31.6 Å². The van der Waals surface area contributed by atoms with Crippen molar-refractivity contribution in [2.75, 3.05) is 0 Å². The second-order valence-corrected chi connectivity index (χ2v) is 4.24. The molecule has 0 aromatic carbocycles. The van der Waals surface area contributed by atoms with E-state index in [4.69, 9.17) is 10.2 Å². The van der Waals surface area contributed by atoms with Crippen molar-refractivity contribution in [2.24, 2.45) is 17.3 Å². The fraction of sp³-hybridized carbons (Fsp3) is 0.778. The summed E-state index contributed by atoms with van der Waals surface area (Å²) in [5, 5.41) is 17.8. The van der Waals surface area contributed by atoms with Crippen LogP contribution in [0.25, 0.3) is 0 Å². The molecule has 0 radical (unpaired) electrons. The highest BCUT2D eigenvalue weighted by molar-refractivity contribution is 5.79. The van der Waals surface area contributed by atoms with E-state index in [0.29, 0.717) is 19.3 Å². The maximum atomic E-state index is 11.0. The van der Waals surface area contributed by atoms with Crippen LogP contribution in [0.4, 0.5) is 0 Å². The molecule has 0 spiro atoms. The molecule has 13 heavy (non-hydrogen) atoms. The van der Waals surface area contributed by atoms with Gasteiger partial charge in [-0.1, -0.05) is 0 Å². The van der Waals surface area contributed by atoms with Crippen molar-refractivity contribution in [3.8, 4) is 0 Å². The summed E-state index contributed by atoms with van der Waals surface area (Å²) < 4.78 is 0. The van der Waals surface area contributed by atoms with E-state index in [-0.39, 0.29) is 5.92 Å². The zero-order chi connectivity index (χ0) is 9.64. The molecule has 2 rings (SSSR count). The van der Waals surface area contributed by atoms with Gasteiger partial charge in [0.25, 0.3) is 0 Å². The topological polar surface area (TPSA) is 74.6 Å². The maximum Gasteiger partial charge on any atom is 0.309 e. The van der Waals surface area contributed by atoms with Crippen molar-refractivity contribution in [2.45, 2.75) is 25.7 Å². The highest BCUT2D eigenvalue weighted by Crippen LogP contribution is 2.57. The lowest BCUT2D eigenvalue weighted by atomic mass is 9.80. The molecule has 2 aliphatic rings. The standard InChI is InChI=1S/C9H12O4/c10-7(11)6-4-9(8(12)13)2-1-5(6)3-9/h5-6H,1-4H2,(H,10,11)(H,12,13). The second kappa shape index (κ2) is 2.47. The van der Waals surface area contributed by atoms with Crippen LogP contribution in [-0.2, 0) is 9.59 Å². The molecule has 0 aromatic rings. The Morgan fingerprint density at radius 1 is 1.23 bits per heavy atom. The summed E-state index contributed by atoms with van der Waals surface area (Å²) in [6, 6.07) is 0. The van der Waals surface area contributed by atoms with Crippen molar-refractivity contribution in [1.82, 2.24) is 0 Å². The Morgan fingerprint density at radius 3 is 2.31 bits per heavy atom. The summed E-state index contributed by atoms with van der Waals surface area (Å²) in [4.78, 5) is 21.7. The van der Waals surface area contributed by atoms with Gasteiger partial charge in [0.1, 0.15) is 0 Å². The average molecular weight is 184 g/mol. The number of carboxylic acids is 2. The van der Waals surface area contributed by atoms with Crippen LogP contribution >= 0.6 is 0 Å². The largest absolute Gasteiger partial charge is 0.481 e. The van der Waals surface area contributed by atoms with Crippen LogP contribution in [0.2, 0.25) is 0 Å². The number of aliphatic carboxylic acids is 2. The molecule has 3 atom stereocenters. The van der Waals surface area contributed by atoms with E-state index in [1.165, 1.54) is 0 Å². The molecule has 2 aliphatic carbocycles. The lowest BCUT2D eigenvalue weighted by Crippen LogP contribution is -2.29. The normalized spacial score (nSPS) is 42.2. The van der Waals surface area contributed by atoms with Gasteiger partial charge in [-0.25, -0.2) is 0 Å². The molecule has 0 heterocycles. The summed E-state index contributed by atoms with van der Waals surface area (Å²) in [7, 11) is 0. The molecule has 3 unspecified atom stereocenters. The summed E-state index contributed by atoms with van der Waals surface area (Å²) in [6.45, 7) is 0. The first-order valence-electron chi connectivity index (χ1n) is 4.51. The first kappa shape index (κ1) is 8.53. The fourth-order valence-electron chi connectivity index (χ4n) is 2.85. The summed E-state index contributed by atoms with van der Waals surface area (Å²) in [5.41, 5.74) is -0.701. The first-order valence-corrected chi connectivity index (χ1v) is 4.51. The molecule has 4 nitrogen and oxygen atoms in total. The lowest BCUT2D eigenvalue weighted by Gasteiger charge is -2.23. The SMILES string of the molecule is O=C(O)C1CC2(C(=O)O)CCC1C2. The van der Waals surface area contributed by atoms with Crippen molar-refractivity contribution in [3.05, 3.63) is 0 Å². The van der Waals surface area contributed by atoms with Gasteiger partial charge in [0.15, 0.2) is 0 Å². The molecule has 2 fully saturated rings. The minimum atomic E-state index is -0.826. The highest BCUT2D eigenvalue weighted by Gasteiger charge is 2.57. The third kappa shape index (κ3) is 1.04. The number of hydrogen-bond donors (Lipinski definition) is 2. The van der Waals surface area contributed by atoms with Crippen LogP contribution in [0.3, 0.4) is 0 Å². The van der Waals surface area contributed by atoms with E-state index in [0.717, 1.165) is 6.42 Å². The van der Waals surface area contributed by atoms with Gasteiger partial charge in [0, 0.05) is 0 Å². The number of hydrogen-bond acceptors (Lipinski definition) is 2. The molecule has 2 bridgehead atoms. The molecule has 2 N–H and O–H groups in total. The monoisotopic (exact) mass is 184 g/mol. The number of rotatable bonds is 2. The highest BCUT2D eigenvalue weighted by atomic mass is 16.4. The zero-order valence-corrected chi connectivity index (χ0v) is 7.19. The molecule has 2 saturated carbocycles. The Labute approximate surface area is 75.6 Å². The van der Waals surface area contributed by atoms with Crippen LogP contribution in [0, 0.1) is 17.3 Å². The minimum absolute atomic E-state index is 0.105. The van der Waals surface area contributed by atoms with Gasteiger partial charge >= 0.3 is 11.9 Å². The molecule has 0 saturated heterocycles. The Kier molecular flexibility index (Phi) is 1.62. The Balaban J connectivity index is 2.22. The van der Waals surface area contributed by atoms with E-state index in [9.17, 15) is 9.59 Å². The predicted octanol–water partition coefficient (Wildman–Crippen LogP) is 0.962. The van der Waals surface area contributed by atoms with Gasteiger partial charge in [-0.3, -0.25) is 9.59 Å². The van der Waals surface area contributed by atoms with Gasteiger partial charge in [0.2, 0.25) is 0 Å². The van der Waals surface area contributed by atoms with E-state index >= 15 is 0 Å².